The molecule has 1 aromatic heterocycles. The average molecular weight is 410 g/mol. The normalized spacial score (nSPS) is 14.6. The zero-order valence-electron chi connectivity index (χ0n) is 20.5. The van der Waals surface area contributed by atoms with Crippen molar-refractivity contribution in [1.29, 1.82) is 5.41 Å². The lowest BCUT2D eigenvalue weighted by Crippen LogP contribution is -2.08. The zero-order valence-corrected chi connectivity index (χ0v) is 18.5. The molecular weight excluding hydrogens is 378 g/mol. The molecule has 0 bridgehead atoms. The third kappa shape index (κ3) is 4.54. The summed E-state index contributed by atoms with van der Waals surface area (Å²) in [6.07, 6.45) is 3.65. The Morgan fingerprint density at radius 3 is 2.39 bits per heavy atom. The van der Waals surface area contributed by atoms with E-state index in [1.165, 1.54) is 6.21 Å². The van der Waals surface area contributed by atoms with E-state index in [2.05, 4.69) is 24.3 Å². The van der Waals surface area contributed by atoms with Crippen LogP contribution in [-0.2, 0) is 6.37 Å². The minimum Gasteiger partial charge on any atom is -0.455 e. The van der Waals surface area contributed by atoms with Crippen molar-refractivity contribution >= 4 is 39.3 Å². The van der Waals surface area contributed by atoms with Gasteiger partial charge in [0.1, 0.15) is 11.2 Å². The van der Waals surface area contributed by atoms with Crippen molar-refractivity contribution in [2.75, 3.05) is 0 Å². The summed E-state index contributed by atoms with van der Waals surface area (Å²) in [7, 11) is 0. The molecule has 0 aliphatic rings. The van der Waals surface area contributed by atoms with Crippen LogP contribution in [-0.4, -0.2) is 6.21 Å². The molecule has 0 unspecified atom stereocenters. The molecule has 31 heavy (non-hydrogen) atoms. The zero-order chi connectivity index (χ0) is 23.8. The van der Waals surface area contributed by atoms with Crippen LogP contribution in [0.1, 0.15) is 47.1 Å². The smallest absolute Gasteiger partial charge is 0.142 e. The lowest BCUT2D eigenvalue weighted by atomic mass is 9.87. The van der Waals surface area contributed by atoms with Gasteiger partial charge in [0, 0.05) is 25.3 Å². The number of nitrogens with one attached hydrogen (secondary N) is 1. The Morgan fingerprint density at radius 1 is 0.968 bits per heavy atom. The van der Waals surface area contributed by atoms with Crippen LogP contribution < -0.4 is 0 Å². The second-order valence-corrected chi connectivity index (χ2v) is 8.85. The highest BCUT2D eigenvalue weighted by Crippen LogP contribution is 2.34. The van der Waals surface area contributed by atoms with Crippen LogP contribution >= 0.6 is 0 Å². The second-order valence-electron chi connectivity index (χ2n) is 8.85. The molecule has 0 radical (unpaired) electrons. The van der Waals surface area contributed by atoms with E-state index in [9.17, 15) is 0 Å². The summed E-state index contributed by atoms with van der Waals surface area (Å²) >= 11 is 0. The van der Waals surface area contributed by atoms with E-state index in [1.54, 1.807) is 6.08 Å². The number of furan rings is 1. The molecule has 0 aliphatic heterocycles. The van der Waals surface area contributed by atoms with Gasteiger partial charge in [-0.25, -0.2) is 0 Å². The van der Waals surface area contributed by atoms with Crippen LogP contribution in [0.5, 0.6) is 0 Å². The number of hydrogen-bond acceptors (Lipinski definition) is 2. The molecule has 3 aromatic carbocycles. The van der Waals surface area contributed by atoms with Crippen LogP contribution in [0.4, 0.5) is 0 Å². The molecule has 0 aliphatic carbocycles. The lowest BCUT2D eigenvalue weighted by Gasteiger charge is -2.18. The molecule has 4 rings (SSSR count). The van der Waals surface area contributed by atoms with E-state index in [0.717, 1.165) is 44.2 Å². The molecule has 1 N–H and O–H groups in total. The minimum absolute atomic E-state index is 0.510. The first-order valence-corrected chi connectivity index (χ1v) is 10.5. The van der Waals surface area contributed by atoms with Crippen LogP contribution in [0, 0.1) is 10.8 Å². The Hall–Kier alpha value is -3.39. The van der Waals surface area contributed by atoms with E-state index in [1.807, 2.05) is 76.2 Å². The van der Waals surface area contributed by atoms with Gasteiger partial charge in [-0.3, -0.25) is 0 Å². The molecule has 2 nitrogen and oxygen atoms in total. The van der Waals surface area contributed by atoms with Crippen molar-refractivity contribution in [3.63, 3.8) is 0 Å². The molecular formula is C29H29NO. The molecule has 0 saturated heterocycles. The molecule has 0 atom stereocenters. The predicted molar refractivity (Wildman–Crippen MR) is 134 cm³/mol. The largest absolute Gasteiger partial charge is 0.455 e. The number of allylic oxidation sites excluding steroid dienone is 4. The number of rotatable bonds is 5. The van der Waals surface area contributed by atoms with Gasteiger partial charge < -0.3 is 9.83 Å². The highest BCUT2D eigenvalue weighted by atomic mass is 16.3. The third-order valence-corrected chi connectivity index (χ3v) is 5.20. The van der Waals surface area contributed by atoms with Gasteiger partial charge in [0.05, 0.1) is 0 Å². The van der Waals surface area contributed by atoms with Crippen molar-refractivity contribution in [1.82, 2.24) is 0 Å². The van der Waals surface area contributed by atoms with Gasteiger partial charge >= 0.3 is 0 Å². The Kier molecular flexibility index (Phi) is 4.98. The Balaban J connectivity index is 1.75. The van der Waals surface area contributed by atoms with Gasteiger partial charge in [-0.05, 0) is 53.1 Å². The molecule has 0 spiro atoms. The third-order valence-electron chi connectivity index (χ3n) is 5.20. The monoisotopic (exact) mass is 409 g/mol. The van der Waals surface area contributed by atoms with E-state index < -0.39 is 11.8 Å². The first kappa shape index (κ1) is 18.4. The van der Waals surface area contributed by atoms with Gasteiger partial charge in [-0.2, -0.15) is 0 Å². The van der Waals surface area contributed by atoms with Crippen molar-refractivity contribution in [2.45, 2.75) is 34.1 Å². The fraction of sp³-hybridized carbons (Fsp3) is 0.207. The summed E-state index contributed by atoms with van der Waals surface area (Å²) in [5.74, 6) is 0. The van der Waals surface area contributed by atoms with Crippen LogP contribution in [0.3, 0.4) is 0 Å². The van der Waals surface area contributed by atoms with E-state index >= 15 is 0 Å². The average Bonchev–Trinajstić information content (AvgIpc) is 3.17. The second kappa shape index (κ2) is 8.39. The number of fused-ring (bicyclic) bond motifs is 3. The van der Waals surface area contributed by atoms with Crippen molar-refractivity contribution in [3.05, 3.63) is 95.6 Å². The highest BCUT2D eigenvalue weighted by molar-refractivity contribution is 6.08. The molecule has 0 fully saturated rings. The summed E-state index contributed by atoms with van der Waals surface area (Å²) < 4.78 is 23.2. The summed E-state index contributed by atoms with van der Waals surface area (Å²) in [5, 5.41) is 9.83. The maximum atomic E-state index is 8.52. The molecule has 0 saturated carbocycles. The van der Waals surface area contributed by atoms with Crippen molar-refractivity contribution < 1.29 is 7.16 Å². The van der Waals surface area contributed by atoms with Gasteiger partial charge in [-0.15, -0.1) is 0 Å². The standard InChI is InChI=1S/C29H29NO/c1-20(24-9-7-10-26-25-8-5-6-11-27(25)31-28(24)26)18-23(16-17-30)22-14-12-21(13-15-22)19-29(2,3)4/h5-18,30H,19H2,1-4H3/b20-18+,23-16+,30-17?/i19D2. The van der Waals surface area contributed by atoms with Gasteiger partial charge in [-0.1, -0.05) is 87.5 Å². The highest BCUT2D eigenvalue weighted by Gasteiger charge is 2.13. The maximum Gasteiger partial charge on any atom is 0.142 e. The number of benzene rings is 3. The predicted octanol–water partition coefficient (Wildman–Crippen LogP) is 8.31. The summed E-state index contributed by atoms with van der Waals surface area (Å²) in [6, 6.07) is 21.8. The van der Waals surface area contributed by atoms with Gasteiger partial charge in [0.2, 0.25) is 0 Å². The first-order chi connectivity index (χ1) is 15.6. The molecule has 1 heterocycles. The van der Waals surface area contributed by atoms with Crippen LogP contribution in [0.25, 0.3) is 33.1 Å². The fourth-order valence-electron chi connectivity index (χ4n) is 3.87. The van der Waals surface area contributed by atoms with Crippen LogP contribution in [0.15, 0.2) is 83.3 Å². The Morgan fingerprint density at radius 2 is 1.68 bits per heavy atom. The summed E-state index contributed by atoms with van der Waals surface area (Å²) in [6.45, 7) is 7.77. The summed E-state index contributed by atoms with van der Waals surface area (Å²) in [5.41, 5.74) is 5.73. The quantitative estimate of drug-likeness (QED) is 0.261. The van der Waals surface area contributed by atoms with Crippen molar-refractivity contribution in [3.8, 4) is 0 Å². The van der Waals surface area contributed by atoms with Crippen LogP contribution in [0.2, 0.25) is 0 Å². The Labute approximate surface area is 187 Å². The first-order valence-electron chi connectivity index (χ1n) is 11.5. The number of para-hydroxylation sites is 2. The molecule has 2 heteroatoms. The Bertz CT molecular complexity index is 1380. The lowest BCUT2D eigenvalue weighted by molar-refractivity contribution is 0.411. The fourth-order valence-corrected chi connectivity index (χ4v) is 3.87. The maximum absolute atomic E-state index is 8.52. The minimum atomic E-state index is -1.44. The summed E-state index contributed by atoms with van der Waals surface area (Å²) in [4.78, 5) is 0. The molecule has 4 aromatic rings. The SMILES string of the molecule is [2H]C([2H])(c1ccc(C(=C/C=N)/C=C(\C)c2cccc3c2oc2ccccc23)cc1)C(C)(C)C. The van der Waals surface area contributed by atoms with E-state index in [0.29, 0.717) is 5.56 Å². The van der Waals surface area contributed by atoms with E-state index in [-0.39, 0.29) is 0 Å². The van der Waals surface area contributed by atoms with Gasteiger partial charge in [0.15, 0.2) is 0 Å². The van der Waals surface area contributed by atoms with Crippen molar-refractivity contribution in [2.24, 2.45) is 5.41 Å². The molecule has 156 valence electrons. The molecule has 0 amide bonds. The van der Waals surface area contributed by atoms with E-state index in [4.69, 9.17) is 12.6 Å². The topological polar surface area (TPSA) is 37.0 Å². The van der Waals surface area contributed by atoms with Gasteiger partial charge in [0.25, 0.3) is 0 Å². The number of hydrogen-bond donors (Lipinski definition) is 1.